The number of amides is 2. The van der Waals surface area contributed by atoms with Crippen molar-refractivity contribution in [2.24, 2.45) is 0 Å². The fourth-order valence-corrected chi connectivity index (χ4v) is 2.81. The number of aryl methyl sites for hydroxylation is 2. The van der Waals surface area contributed by atoms with E-state index < -0.39 is 0 Å². The Balaban J connectivity index is 1.48. The first kappa shape index (κ1) is 19.6. The van der Waals surface area contributed by atoms with Crippen LogP contribution in [0.4, 0.5) is 0 Å². The van der Waals surface area contributed by atoms with Crippen molar-refractivity contribution in [1.82, 2.24) is 15.8 Å². The normalized spacial score (nSPS) is 10.5. The summed E-state index contributed by atoms with van der Waals surface area (Å²) in [6.07, 6.45) is 2.91. The Kier molecular flexibility index (Phi) is 6.45. The first-order valence-corrected chi connectivity index (χ1v) is 9.32. The summed E-state index contributed by atoms with van der Waals surface area (Å²) in [6, 6.07) is 14.5. The number of hydrogen-bond donors (Lipinski definition) is 2. The smallest absolute Gasteiger partial charge is 0.269 e. The Labute approximate surface area is 167 Å². The van der Waals surface area contributed by atoms with E-state index in [1.54, 1.807) is 24.4 Å². The van der Waals surface area contributed by atoms with E-state index in [2.05, 4.69) is 15.8 Å². The highest BCUT2D eigenvalue weighted by Gasteiger charge is 2.12. The van der Waals surface area contributed by atoms with Gasteiger partial charge in [0, 0.05) is 24.0 Å². The molecule has 0 aliphatic rings. The number of carbonyl (C=O) groups excluding carboxylic acids is 2. The van der Waals surface area contributed by atoms with E-state index in [4.69, 9.17) is 16.0 Å². The van der Waals surface area contributed by atoms with Gasteiger partial charge in [-0.3, -0.25) is 20.4 Å². The molecule has 28 heavy (non-hydrogen) atoms. The zero-order valence-electron chi connectivity index (χ0n) is 15.4. The summed E-state index contributed by atoms with van der Waals surface area (Å²) in [4.78, 5) is 28.2. The molecule has 1 heterocycles. The lowest BCUT2D eigenvalue weighted by Crippen LogP contribution is -2.41. The van der Waals surface area contributed by atoms with E-state index in [0.717, 1.165) is 17.5 Å². The van der Waals surface area contributed by atoms with E-state index in [1.807, 2.05) is 37.3 Å². The van der Waals surface area contributed by atoms with Gasteiger partial charge in [-0.1, -0.05) is 42.8 Å². The lowest BCUT2D eigenvalue weighted by Gasteiger charge is -2.07. The third-order valence-corrected chi connectivity index (χ3v) is 4.53. The van der Waals surface area contributed by atoms with Crippen molar-refractivity contribution in [2.75, 3.05) is 0 Å². The largest absolute Gasteiger partial charge is 0.441 e. The number of rotatable bonds is 6. The number of nitrogens with zero attached hydrogens (tertiary/aromatic N) is 1. The Morgan fingerprint density at radius 1 is 1.07 bits per heavy atom. The van der Waals surface area contributed by atoms with Crippen molar-refractivity contribution in [1.29, 1.82) is 0 Å². The summed E-state index contributed by atoms with van der Waals surface area (Å²) in [5, 5.41) is 0.567. The molecule has 3 rings (SSSR count). The number of hydrazine groups is 1. The van der Waals surface area contributed by atoms with Crippen molar-refractivity contribution in [3.63, 3.8) is 0 Å². The minimum atomic E-state index is -0.367. The van der Waals surface area contributed by atoms with E-state index in [0.29, 0.717) is 28.7 Å². The summed E-state index contributed by atoms with van der Waals surface area (Å²) in [5.74, 6) is 0.264. The molecule has 7 heteroatoms. The fraction of sp³-hybridized carbons (Fsp3) is 0.190. The highest BCUT2D eigenvalue weighted by atomic mass is 35.5. The second-order valence-corrected chi connectivity index (χ2v) is 6.56. The summed E-state index contributed by atoms with van der Waals surface area (Å²) in [7, 11) is 0. The van der Waals surface area contributed by atoms with Crippen LogP contribution in [0, 0.1) is 0 Å². The fourth-order valence-electron chi connectivity index (χ4n) is 2.58. The van der Waals surface area contributed by atoms with Crippen LogP contribution >= 0.6 is 11.6 Å². The van der Waals surface area contributed by atoms with E-state index in [1.165, 1.54) is 0 Å². The van der Waals surface area contributed by atoms with E-state index >= 15 is 0 Å². The molecule has 2 aromatic carbocycles. The van der Waals surface area contributed by atoms with Gasteiger partial charge in [-0.25, -0.2) is 4.98 Å². The van der Waals surface area contributed by atoms with Crippen molar-refractivity contribution >= 4 is 23.4 Å². The molecule has 2 N–H and O–H groups in total. The second-order valence-electron chi connectivity index (χ2n) is 6.15. The molecule has 0 aliphatic carbocycles. The molecule has 0 saturated carbocycles. The number of hydrogen-bond acceptors (Lipinski definition) is 4. The van der Waals surface area contributed by atoms with E-state index in [-0.39, 0.29) is 18.2 Å². The number of aromatic nitrogens is 1. The van der Waals surface area contributed by atoms with Crippen LogP contribution < -0.4 is 10.9 Å². The topological polar surface area (TPSA) is 84.2 Å². The second kappa shape index (κ2) is 9.19. The third-order valence-electron chi connectivity index (χ3n) is 4.20. The maximum absolute atomic E-state index is 12.0. The van der Waals surface area contributed by atoms with Crippen molar-refractivity contribution in [3.05, 3.63) is 76.8 Å². The number of nitrogens with one attached hydrogen (secondary N) is 2. The standard InChI is InChI=1S/C21H20ClN3O3/c1-2-14-7-9-15(10-8-14)21(27)25-24-19(26)11-12-20-23-13-18(28-20)16-5-3-4-6-17(16)22/h3-10,13H,2,11-12H2,1H3,(H,24,26)(H,25,27). The lowest BCUT2D eigenvalue weighted by molar-refractivity contribution is -0.121. The van der Waals surface area contributed by atoms with Crippen LogP contribution in [0.1, 0.15) is 35.2 Å². The molecule has 3 aromatic rings. The monoisotopic (exact) mass is 397 g/mol. The number of carbonyl (C=O) groups is 2. The van der Waals surface area contributed by atoms with Gasteiger partial charge in [0.2, 0.25) is 5.91 Å². The SMILES string of the molecule is CCc1ccc(C(=O)NNC(=O)CCc2ncc(-c3ccccc3Cl)o2)cc1. The van der Waals surface area contributed by atoms with Crippen LogP contribution in [0.25, 0.3) is 11.3 Å². The van der Waals surface area contributed by atoms with Gasteiger partial charge in [-0.05, 0) is 36.2 Å². The molecule has 144 valence electrons. The molecule has 0 atom stereocenters. The van der Waals surface area contributed by atoms with Crippen LogP contribution in [0.3, 0.4) is 0 Å². The predicted octanol–water partition coefficient (Wildman–Crippen LogP) is 3.95. The minimum absolute atomic E-state index is 0.123. The molecule has 0 bridgehead atoms. The van der Waals surface area contributed by atoms with Gasteiger partial charge in [0.15, 0.2) is 11.7 Å². The van der Waals surface area contributed by atoms with Crippen molar-refractivity contribution in [3.8, 4) is 11.3 Å². The average Bonchev–Trinajstić information content (AvgIpc) is 3.19. The summed E-state index contributed by atoms with van der Waals surface area (Å²) in [5.41, 5.74) is 7.17. The molecule has 0 radical (unpaired) electrons. The molecular formula is C21H20ClN3O3. The predicted molar refractivity (Wildman–Crippen MR) is 107 cm³/mol. The zero-order valence-corrected chi connectivity index (χ0v) is 16.1. The first-order chi connectivity index (χ1) is 13.6. The summed E-state index contributed by atoms with van der Waals surface area (Å²) >= 11 is 6.14. The Bertz CT molecular complexity index is 967. The number of halogens is 1. The molecule has 0 aliphatic heterocycles. The van der Waals surface area contributed by atoms with E-state index in [9.17, 15) is 9.59 Å². The van der Waals surface area contributed by atoms with Gasteiger partial charge in [0.25, 0.3) is 5.91 Å². The van der Waals surface area contributed by atoms with Crippen LogP contribution in [-0.4, -0.2) is 16.8 Å². The molecule has 2 amide bonds. The zero-order chi connectivity index (χ0) is 19.9. The van der Waals surface area contributed by atoms with Crippen LogP contribution in [0.2, 0.25) is 5.02 Å². The highest BCUT2D eigenvalue weighted by molar-refractivity contribution is 6.33. The van der Waals surface area contributed by atoms with Gasteiger partial charge in [0.1, 0.15) is 0 Å². The molecule has 0 spiro atoms. The highest BCUT2D eigenvalue weighted by Crippen LogP contribution is 2.28. The molecule has 0 unspecified atom stereocenters. The van der Waals surface area contributed by atoms with Crippen LogP contribution in [0.15, 0.2) is 59.1 Å². The average molecular weight is 398 g/mol. The van der Waals surface area contributed by atoms with Gasteiger partial charge in [-0.2, -0.15) is 0 Å². The Morgan fingerprint density at radius 2 is 1.82 bits per heavy atom. The van der Waals surface area contributed by atoms with Gasteiger partial charge >= 0.3 is 0 Å². The Hall–Kier alpha value is -3.12. The van der Waals surface area contributed by atoms with Gasteiger partial charge < -0.3 is 4.42 Å². The molecule has 1 aromatic heterocycles. The summed E-state index contributed by atoms with van der Waals surface area (Å²) in [6.45, 7) is 2.04. The van der Waals surface area contributed by atoms with Crippen molar-refractivity contribution < 1.29 is 14.0 Å². The molecule has 6 nitrogen and oxygen atoms in total. The van der Waals surface area contributed by atoms with Gasteiger partial charge in [0.05, 0.1) is 11.2 Å². The lowest BCUT2D eigenvalue weighted by atomic mass is 10.1. The maximum atomic E-state index is 12.0. The molecule has 0 saturated heterocycles. The maximum Gasteiger partial charge on any atom is 0.269 e. The Morgan fingerprint density at radius 3 is 2.54 bits per heavy atom. The summed E-state index contributed by atoms with van der Waals surface area (Å²) < 4.78 is 5.65. The number of benzene rings is 2. The van der Waals surface area contributed by atoms with Crippen LogP contribution in [0.5, 0.6) is 0 Å². The third kappa shape index (κ3) is 4.98. The minimum Gasteiger partial charge on any atom is -0.441 e. The van der Waals surface area contributed by atoms with Gasteiger partial charge in [-0.15, -0.1) is 0 Å². The first-order valence-electron chi connectivity index (χ1n) is 8.94. The molecular weight excluding hydrogens is 378 g/mol. The quantitative estimate of drug-likeness (QED) is 0.617. The molecule has 0 fully saturated rings. The van der Waals surface area contributed by atoms with Crippen LogP contribution in [-0.2, 0) is 17.6 Å². The number of oxazole rings is 1. The van der Waals surface area contributed by atoms with Crippen molar-refractivity contribution in [2.45, 2.75) is 26.2 Å².